The fraction of sp³-hybridized carbons (Fsp3) is 0.300. The Balaban J connectivity index is 3.30. The van der Waals surface area contributed by atoms with Crippen LogP contribution in [0.25, 0.3) is 6.08 Å². The van der Waals surface area contributed by atoms with E-state index in [9.17, 15) is 8.42 Å². The van der Waals surface area contributed by atoms with Crippen molar-refractivity contribution in [2.75, 3.05) is 0 Å². The summed E-state index contributed by atoms with van der Waals surface area (Å²) < 4.78 is 32.8. The third kappa shape index (κ3) is 2.64. The van der Waals surface area contributed by atoms with Gasteiger partial charge in [0.2, 0.25) is 5.69 Å². The predicted octanol–water partition coefficient (Wildman–Crippen LogP) is 1.41. The zero-order valence-electron chi connectivity index (χ0n) is 8.50. The van der Waals surface area contributed by atoms with E-state index in [-0.39, 0.29) is 0 Å². The lowest BCUT2D eigenvalue weighted by molar-refractivity contribution is -0.704. The molecule has 1 N–H and O–H groups in total. The van der Waals surface area contributed by atoms with Crippen LogP contribution in [0.4, 0.5) is 0 Å². The fourth-order valence-corrected chi connectivity index (χ4v) is 2.36. The van der Waals surface area contributed by atoms with Crippen molar-refractivity contribution >= 4 is 16.2 Å². The van der Waals surface area contributed by atoms with Gasteiger partial charge in [0.05, 0.1) is 0 Å². The molecule has 1 aromatic heterocycles. The largest absolute Gasteiger partial charge is 0.329 e. The first-order chi connectivity index (χ1) is 7.00. The topological polar surface area (TPSA) is 58.2 Å². The zero-order valence-corrected chi connectivity index (χ0v) is 9.31. The molecular weight excluding hydrogens is 214 g/mol. The lowest BCUT2D eigenvalue weighted by atomic mass is 10.3. The summed E-state index contributed by atoms with van der Waals surface area (Å²) in [5.41, 5.74) is 0.655. The summed E-state index contributed by atoms with van der Waals surface area (Å²) >= 11 is 0. The lowest BCUT2D eigenvalue weighted by Gasteiger charge is -2.08. The number of aromatic nitrogens is 1. The molecule has 1 unspecified atom stereocenters. The smallest absolute Gasteiger partial charge is 0.280 e. The van der Waals surface area contributed by atoms with Crippen molar-refractivity contribution in [1.29, 1.82) is 0 Å². The molecule has 82 valence electrons. The van der Waals surface area contributed by atoms with Crippen molar-refractivity contribution in [3.63, 3.8) is 0 Å². The summed E-state index contributed by atoms with van der Waals surface area (Å²) in [7, 11) is -4.09. The molecule has 1 rings (SSSR count). The normalized spacial score (nSPS) is 13.5. The minimum Gasteiger partial charge on any atom is -0.280 e. The van der Waals surface area contributed by atoms with Crippen LogP contribution in [-0.4, -0.2) is 13.0 Å². The van der Waals surface area contributed by atoms with Gasteiger partial charge in [-0.3, -0.25) is 4.55 Å². The molecule has 0 bridgehead atoms. The minimum atomic E-state index is -4.09. The van der Waals surface area contributed by atoms with E-state index in [0.29, 0.717) is 12.1 Å². The second kappa shape index (κ2) is 4.55. The van der Waals surface area contributed by atoms with Gasteiger partial charge in [0.15, 0.2) is 6.20 Å². The van der Waals surface area contributed by atoms with E-state index in [2.05, 4.69) is 6.58 Å². The summed E-state index contributed by atoms with van der Waals surface area (Å²) in [5, 5.41) is -0.952. The number of hydrogen-bond acceptors (Lipinski definition) is 2. The van der Waals surface area contributed by atoms with E-state index in [1.54, 1.807) is 37.4 Å². The maximum Gasteiger partial charge on any atom is 0.329 e. The molecular formula is C10H14NO3S+. The molecule has 1 atom stereocenters. The summed E-state index contributed by atoms with van der Waals surface area (Å²) in [6, 6.07) is 5.23. The van der Waals surface area contributed by atoms with Crippen LogP contribution in [0.5, 0.6) is 0 Å². The molecule has 0 saturated carbocycles. The first kappa shape index (κ1) is 11.9. The van der Waals surface area contributed by atoms with Gasteiger partial charge in [-0.1, -0.05) is 13.5 Å². The lowest BCUT2D eigenvalue weighted by Crippen LogP contribution is -2.45. The van der Waals surface area contributed by atoms with Gasteiger partial charge >= 0.3 is 10.1 Å². The number of rotatable bonds is 4. The molecule has 0 aliphatic heterocycles. The second-order valence-electron chi connectivity index (χ2n) is 3.11. The van der Waals surface area contributed by atoms with Crippen LogP contribution >= 0.6 is 0 Å². The Labute approximate surface area is 89.6 Å². The van der Waals surface area contributed by atoms with E-state index in [1.165, 1.54) is 4.57 Å². The van der Waals surface area contributed by atoms with Crippen LogP contribution in [0.15, 0.2) is 31.0 Å². The molecule has 0 aromatic carbocycles. The van der Waals surface area contributed by atoms with E-state index in [0.717, 1.165) is 0 Å². The molecule has 0 saturated heterocycles. The first-order valence-corrected chi connectivity index (χ1v) is 6.10. The van der Waals surface area contributed by atoms with E-state index in [4.69, 9.17) is 4.55 Å². The maximum atomic E-state index is 11.1. The van der Waals surface area contributed by atoms with Crippen molar-refractivity contribution in [2.45, 2.75) is 18.7 Å². The molecule has 1 aromatic rings. The second-order valence-corrected chi connectivity index (χ2v) is 4.69. The summed E-state index contributed by atoms with van der Waals surface area (Å²) in [6.07, 6.45) is 3.46. The van der Waals surface area contributed by atoms with Gasteiger partial charge in [-0.2, -0.15) is 13.0 Å². The molecule has 4 nitrogen and oxygen atoms in total. The van der Waals surface area contributed by atoms with E-state index in [1.807, 2.05) is 0 Å². The molecule has 1 heterocycles. The summed E-state index contributed by atoms with van der Waals surface area (Å²) in [6.45, 7) is 5.29. The highest BCUT2D eigenvalue weighted by atomic mass is 32.2. The predicted molar refractivity (Wildman–Crippen MR) is 57.6 cm³/mol. The number of nitrogens with zero attached hydrogens (tertiary/aromatic N) is 1. The molecule has 0 aliphatic carbocycles. The van der Waals surface area contributed by atoms with E-state index < -0.39 is 15.5 Å². The summed E-state index contributed by atoms with van der Waals surface area (Å²) in [4.78, 5) is 0. The van der Waals surface area contributed by atoms with Gasteiger partial charge in [0.25, 0.3) is 5.37 Å². The van der Waals surface area contributed by atoms with Crippen molar-refractivity contribution in [2.24, 2.45) is 0 Å². The van der Waals surface area contributed by atoms with Crippen molar-refractivity contribution in [1.82, 2.24) is 0 Å². The highest BCUT2D eigenvalue weighted by Crippen LogP contribution is 2.11. The average Bonchev–Trinajstić information content (AvgIpc) is 2.17. The zero-order chi connectivity index (χ0) is 11.5. The number of pyridine rings is 1. The van der Waals surface area contributed by atoms with Crippen LogP contribution in [0.3, 0.4) is 0 Å². The van der Waals surface area contributed by atoms with Crippen molar-refractivity contribution in [3.8, 4) is 0 Å². The van der Waals surface area contributed by atoms with E-state index >= 15 is 0 Å². The Morgan fingerprint density at radius 3 is 2.73 bits per heavy atom. The highest BCUT2D eigenvalue weighted by Gasteiger charge is 2.31. The molecule has 0 aliphatic rings. The molecule has 0 fully saturated rings. The van der Waals surface area contributed by atoms with Crippen molar-refractivity contribution in [3.05, 3.63) is 36.7 Å². The van der Waals surface area contributed by atoms with Crippen LogP contribution in [0.1, 0.15) is 24.4 Å². The Morgan fingerprint density at radius 1 is 1.60 bits per heavy atom. The molecule has 0 amide bonds. The monoisotopic (exact) mass is 228 g/mol. The SMILES string of the molecule is C=Cc1cccc[n+]1C(CC)S(=O)(=O)O. The standard InChI is InChI=1S/C10H13NO3S/c1-3-9-7-5-6-8-11(9)10(4-2)15(12,13)14/h3,5-8,10H,1,4H2,2H3/p+1. The Bertz CT molecular complexity index is 453. The third-order valence-corrected chi connectivity index (χ3v) is 3.38. The molecule has 5 heteroatoms. The van der Waals surface area contributed by atoms with Gasteiger partial charge in [-0.25, -0.2) is 0 Å². The highest BCUT2D eigenvalue weighted by molar-refractivity contribution is 7.85. The van der Waals surface area contributed by atoms with Crippen LogP contribution in [0, 0.1) is 0 Å². The van der Waals surface area contributed by atoms with Crippen LogP contribution in [-0.2, 0) is 10.1 Å². The maximum absolute atomic E-state index is 11.1. The fourth-order valence-electron chi connectivity index (χ4n) is 1.46. The van der Waals surface area contributed by atoms with Crippen molar-refractivity contribution < 1.29 is 17.5 Å². The van der Waals surface area contributed by atoms with Crippen LogP contribution < -0.4 is 4.57 Å². The first-order valence-electron chi connectivity index (χ1n) is 4.59. The van der Waals surface area contributed by atoms with Gasteiger partial charge < -0.3 is 0 Å². The molecule has 15 heavy (non-hydrogen) atoms. The van der Waals surface area contributed by atoms with Gasteiger partial charge in [0, 0.05) is 24.6 Å². The summed E-state index contributed by atoms with van der Waals surface area (Å²) in [5.74, 6) is 0. The van der Waals surface area contributed by atoms with Gasteiger partial charge in [-0.05, 0) is 6.07 Å². The molecule has 0 spiro atoms. The quantitative estimate of drug-likeness (QED) is 0.626. The Hall–Kier alpha value is -1.20. The van der Waals surface area contributed by atoms with Crippen LogP contribution in [0.2, 0.25) is 0 Å². The number of hydrogen-bond donors (Lipinski definition) is 1. The van der Waals surface area contributed by atoms with Gasteiger partial charge in [-0.15, -0.1) is 0 Å². The molecule has 0 radical (unpaired) electrons. The average molecular weight is 228 g/mol. The third-order valence-electron chi connectivity index (χ3n) is 2.14. The Morgan fingerprint density at radius 2 is 2.27 bits per heavy atom. The minimum absolute atomic E-state index is 0.300. The van der Waals surface area contributed by atoms with Gasteiger partial charge in [0.1, 0.15) is 0 Å². The Kier molecular flexibility index (Phi) is 3.60.